The molecule has 0 unspecified atom stereocenters. The van der Waals surface area contributed by atoms with Gasteiger partial charge in [-0.3, -0.25) is 0 Å². The minimum Gasteiger partial charge on any atom is -0.492 e. The second-order valence-electron chi connectivity index (χ2n) is 5.99. The normalized spacial score (nSPS) is 14.0. The van der Waals surface area contributed by atoms with Gasteiger partial charge in [-0.15, -0.1) is 0 Å². The van der Waals surface area contributed by atoms with Crippen molar-refractivity contribution in [2.24, 2.45) is 0 Å². The molecule has 1 aliphatic rings. The van der Waals surface area contributed by atoms with E-state index in [0.717, 1.165) is 35.5 Å². The topological polar surface area (TPSA) is 73.6 Å². The van der Waals surface area contributed by atoms with Crippen molar-refractivity contribution in [3.8, 4) is 5.69 Å². The van der Waals surface area contributed by atoms with Crippen LogP contribution in [0.1, 0.15) is 28.0 Å². The summed E-state index contributed by atoms with van der Waals surface area (Å²) in [7, 11) is 1.65. The molecule has 2 aromatic rings. The highest BCUT2D eigenvalue weighted by Crippen LogP contribution is 2.19. The Bertz CT molecular complexity index is 836. The molecule has 6 heteroatoms. The maximum atomic E-state index is 11.2. The predicted octanol–water partition coefficient (Wildman–Crippen LogP) is 3.16. The van der Waals surface area contributed by atoms with Crippen LogP contribution in [0.4, 0.5) is 0 Å². The van der Waals surface area contributed by atoms with Crippen LogP contribution in [-0.2, 0) is 22.3 Å². The van der Waals surface area contributed by atoms with Crippen LogP contribution >= 0.6 is 0 Å². The number of aromatic nitrogens is 2. The summed E-state index contributed by atoms with van der Waals surface area (Å²) < 4.78 is 12.4. The standard InChI is InChI=1S/C20H22N2O4/c1-25-11-12-26-18-8-3-6-16-14-22(21-19(16)10-4-9-18)17-7-2-5-15(13-17)20(23)24/h2,4-5,7-9,13-14H,3,6,10-12H2,1H3,(H,23,24). The molecule has 0 radical (unpaired) electrons. The minimum absolute atomic E-state index is 0.253. The van der Waals surface area contributed by atoms with Crippen LogP contribution in [0.15, 0.2) is 54.4 Å². The summed E-state index contributed by atoms with van der Waals surface area (Å²) in [5.74, 6) is -0.0860. The first kappa shape index (κ1) is 17.9. The van der Waals surface area contributed by atoms with Crippen molar-refractivity contribution in [3.05, 3.63) is 71.3 Å². The predicted molar refractivity (Wildman–Crippen MR) is 97.6 cm³/mol. The highest BCUT2D eigenvalue weighted by Gasteiger charge is 2.12. The minimum atomic E-state index is -0.942. The number of carboxylic acids is 1. The van der Waals surface area contributed by atoms with E-state index in [9.17, 15) is 4.79 Å². The fraction of sp³-hybridized carbons (Fsp3) is 0.300. The molecule has 3 rings (SSSR count). The van der Waals surface area contributed by atoms with E-state index in [1.807, 2.05) is 24.4 Å². The van der Waals surface area contributed by atoms with Gasteiger partial charge >= 0.3 is 5.97 Å². The summed E-state index contributed by atoms with van der Waals surface area (Å²) in [6.45, 7) is 1.09. The lowest BCUT2D eigenvalue weighted by Crippen LogP contribution is -2.01. The van der Waals surface area contributed by atoms with Gasteiger partial charge in [0.25, 0.3) is 0 Å². The van der Waals surface area contributed by atoms with Crippen molar-refractivity contribution in [1.29, 1.82) is 0 Å². The van der Waals surface area contributed by atoms with Crippen molar-refractivity contribution in [2.45, 2.75) is 19.3 Å². The fourth-order valence-electron chi connectivity index (χ4n) is 2.81. The van der Waals surface area contributed by atoms with E-state index in [0.29, 0.717) is 19.6 Å². The zero-order chi connectivity index (χ0) is 18.4. The summed E-state index contributed by atoms with van der Waals surface area (Å²) in [6, 6.07) is 6.80. The molecule has 6 nitrogen and oxygen atoms in total. The van der Waals surface area contributed by atoms with Crippen molar-refractivity contribution in [1.82, 2.24) is 9.78 Å². The number of allylic oxidation sites excluding steroid dienone is 3. The molecule has 1 heterocycles. The molecule has 0 spiro atoms. The van der Waals surface area contributed by atoms with E-state index in [4.69, 9.17) is 14.6 Å². The van der Waals surface area contributed by atoms with Gasteiger partial charge < -0.3 is 14.6 Å². The average Bonchev–Trinajstić information content (AvgIpc) is 3.06. The fourth-order valence-corrected chi connectivity index (χ4v) is 2.81. The number of aromatic carboxylic acids is 1. The van der Waals surface area contributed by atoms with Crippen molar-refractivity contribution in [3.63, 3.8) is 0 Å². The molecule has 0 saturated carbocycles. The SMILES string of the molecule is COCCOC1=CCCc2cn(-c3cccc(C(=O)O)c3)nc2CC=C1. The highest BCUT2D eigenvalue weighted by molar-refractivity contribution is 5.88. The van der Waals surface area contributed by atoms with E-state index in [-0.39, 0.29) is 5.56 Å². The lowest BCUT2D eigenvalue weighted by molar-refractivity contribution is 0.0697. The van der Waals surface area contributed by atoms with Crippen LogP contribution < -0.4 is 0 Å². The molecule has 0 bridgehead atoms. The number of aryl methyl sites for hydroxylation is 1. The first-order chi connectivity index (χ1) is 12.7. The molecule has 0 fully saturated rings. The van der Waals surface area contributed by atoms with E-state index < -0.39 is 5.97 Å². The van der Waals surface area contributed by atoms with E-state index in [1.165, 1.54) is 0 Å². The van der Waals surface area contributed by atoms with E-state index in [2.05, 4.69) is 11.2 Å². The molecule has 0 saturated heterocycles. The second-order valence-corrected chi connectivity index (χ2v) is 5.99. The summed E-state index contributed by atoms with van der Waals surface area (Å²) in [5.41, 5.74) is 3.15. The van der Waals surface area contributed by atoms with Gasteiger partial charge in [0.15, 0.2) is 0 Å². The molecule has 1 aliphatic carbocycles. The maximum Gasteiger partial charge on any atom is 0.335 e. The lowest BCUT2D eigenvalue weighted by atomic mass is 10.1. The number of methoxy groups -OCH3 is 1. The lowest BCUT2D eigenvalue weighted by Gasteiger charge is -2.06. The molecule has 0 aliphatic heterocycles. The quantitative estimate of drug-likeness (QED) is 0.807. The molecule has 1 N–H and O–H groups in total. The Morgan fingerprint density at radius 1 is 1.35 bits per heavy atom. The van der Waals surface area contributed by atoms with Crippen LogP contribution in [0.25, 0.3) is 5.69 Å². The molecule has 136 valence electrons. The summed E-state index contributed by atoms with van der Waals surface area (Å²) >= 11 is 0. The van der Waals surface area contributed by atoms with Crippen molar-refractivity contribution >= 4 is 5.97 Å². The van der Waals surface area contributed by atoms with Gasteiger partial charge in [-0.05, 0) is 48.8 Å². The first-order valence-corrected chi connectivity index (χ1v) is 8.57. The number of hydrogen-bond donors (Lipinski definition) is 1. The van der Waals surface area contributed by atoms with Crippen LogP contribution in [0, 0.1) is 0 Å². The van der Waals surface area contributed by atoms with Crippen molar-refractivity contribution < 1.29 is 19.4 Å². The molecular formula is C20H22N2O4. The van der Waals surface area contributed by atoms with Gasteiger partial charge in [0.1, 0.15) is 12.4 Å². The molecule has 0 amide bonds. The number of fused-ring (bicyclic) bond motifs is 1. The van der Waals surface area contributed by atoms with Gasteiger partial charge in [0.2, 0.25) is 0 Å². The largest absolute Gasteiger partial charge is 0.492 e. The Kier molecular flexibility index (Phi) is 5.86. The third-order valence-electron chi connectivity index (χ3n) is 4.14. The number of rotatable bonds is 6. The summed E-state index contributed by atoms with van der Waals surface area (Å²) in [4.78, 5) is 11.2. The first-order valence-electron chi connectivity index (χ1n) is 8.57. The third-order valence-corrected chi connectivity index (χ3v) is 4.14. The Morgan fingerprint density at radius 2 is 2.23 bits per heavy atom. The summed E-state index contributed by atoms with van der Waals surface area (Å²) in [6.07, 6.45) is 10.5. The van der Waals surface area contributed by atoms with Gasteiger partial charge in [-0.2, -0.15) is 5.10 Å². The molecule has 1 aromatic heterocycles. The number of carbonyl (C=O) groups is 1. The number of ether oxygens (including phenoxy) is 2. The number of hydrogen-bond acceptors (Lipinski definition) is 4. The Hall–Kier alpha value is -2.86. The van der Waals surface area contributed by atoms with E-state index >= 15 is 0 Å². The van der Waals surface area contributed by atoms with Crippen LogP contribution in [0.5, 0.6) is 0 Å². The Labute approximate surface area is 152 Å². The van der Waals surface area contributed by atoms with Crippen LogP contribution in [0.2, 0.25) is 0 Å². The number of nitrogens with zero attached hydrogens (tertiary/aromatic N) is 2. The van der Waals surface area contributed by atoms with Gasteiger partial charge in [-0.25, -0.2) is 9.48 Å². The smallest absolute Gasteiger partial charge is 0.335 e. The van der Waals surface area contributed by atoms with Gasteiger partial charge in [-0.1, -0.05) is 12.1 Å². The van der Waals surface area contributed by atoms with Crippen LogP contribution in [0.3, 0.4) is 0 Å². The Balaban J connectivity index is 1.77. The number of benzene rings is 1. The maximum absolute atomic E-state index is 11.2. The molecule has 0 atom stereocenters. The van der Waals surface area contributed by atoms with Crippen molar-refractivity contribution in [2.75, 3.05) is 20.3 Å². The molecule has 26 heavy (non-hydrogen) atoms. The summed E-state index contributed by atoms with van der Waals surface area (Å²) in [5, 5.41) is 13.8. The average molecular weight is 354 g/mol. The molecular weight excluding hydrogens is 332 g/mol. The van der Waals surface area contributed by atoms with E-state index in [1.54, 1.807) is 30.0 Å². The van der Waals surface area contributed by atoms with Gasteiger partial charge in [0.05, 0.1) is 23.6 Å². The highest BCUT2D eigenvalue weighted by atomic mass is 16.5. The van der Waals surface area contributed by atoms with Crippen LogP contribution in [-0.4, -0.2) is 41.2 Å². The third kappa shape index (κ3) is 4.40. The van der Waals surface area contributed by atoms with Gasteiger partial charge in [0, 0.05) is 19.7 Å². The molecule has 1 aromatic carbocycles. The zero-order valence-corrected chi connectivity index (χ0v) is 14.7. The Morgan fingerprint density at radius 3 is 3.04 bits per heavy atom. The number of carboxylic acid groups (broad SMARTS) is 1. The monoisotopic (exact) mass is 354 g/mol. The zero-order valence-electron chi connectivity index (χ0n) is 14.7. The second kappa shape index (κ2) is 8.49.